The molecule has 1 aliphatic rings. The average molecular weight is 398 g/mol. The number of rotatable bonds is 6. The Bertz CT molecular complexity index is 873. The van der Waals surface area contributed by atoms with Gasteiger partial charge in [0.15, 0.2) is 0 Å². The largest absolute Gasteiger partial charge is 0.477 e. The van der Waals surface area contributed by atoms with Crippen molar-refractivity contribution in [3.63, 3.8) is 0 Å². The van der Waals surface area contributed by atoms with Gasteiger partial charge in [-0.05, 0) is 45.0 Å². The van der Waals surface area contributed by atoms with E-state index in [1.54, 1.807) is 46.5 Å². The van der Waals surface area contributed by atoms with Gasteiger partial charge in [-0.2, -0.15) is 0 Å². The molecule has 0 N–H and O–H groups in total. The number of amides is 2. The van der Waals surface area contributed by atoms with Crippen molar-refractivity contribution in [2.45, 2.75) is 26.8 Å². The molecule has 29 heavy (non-hydrogen) atoms. The quantitative estimate of drug-likeness (QED) is 0.742. The smallest absolute Gasteiger partial charge is 0.259 e. The van der Waals surface area contributed by atoms with Gasteiger partial charge in [0.2, 0.25) is 11.8 Å². The van der Waals surface area contributed by atoms with Crippen molar-refractivity contribution in [2.24, 2.45) is 0 Å². The summed E-state index contributed by atoms with van der Waals surface area (Å²) in [6, 6.07) is 6.72. The van der Waals surface area contributed by atoms with E-state index in [1.165, 1.54) is 0 Å². The molecular weight excluding hydrogens is 372 g/mol. The highest BCUT2D eigenvalue weighted by atomic mass is 16.5. The summed E-state index contributed by atoms with van der Waals surface area (Å²) < 4.78 is 11.0. The first-order chi connectivity index (χ1) is 14.1. The lowest BCUT2D eigenvalue weighted by Crippen LogP contribution is -2.55. The van der Waals surface area contributed by atoms with E-state index in [0.29, 0.717) is 55.7 Å². The average Bonchev–Trinajstić information content (AvgIpc) is 2.74. The summed E-state index contributed by atoms with van der Waals surface area (Å²) in [5.74, 6) is 0.389. The predicted octanol–water partition coefficient (Wildman–Crippen LogP) is 2.26. The molecule has 3 heterocycles. The van der Waals surface area contributed by atoms with E-state index < -0.39 is 0 Å². The molecule has 1 aliphatic heterocycles. The highest BCUT2D eigenvalue weighted by Crippen LogP contribution is 2.23. The Morgan fingerprint density at radius 3 is 2.03 bits per heavy atom. The first kappa shape index (κ1) is 20.6. The fraction of sp³-hybridized carbons (Fsp3) is 0.429. The van der Waals surface area contributed by atoms with Crippen LogP contribution in [0.3, 0.4) is 0 Å². The molecule has 8 heteroatoms. The third kappa shape index (κ3) is 4.47. The van der Waals surface area contributed by atoms with Crippen LogP contribution in [0.2, 0.25) is 0 Å². The van der Waals surface area contributed by atoms with Crippen LogP contribution in [0.1, 0.15) is 41.5 Å². The summed E-state index contributed by atoms with van der Waals surface area (Å²) >= 11 is 0. The number of aromatic nitrogens is 2. The molecule has 0 bridgehead atoms. The van der Waals surface area contributed by atoms with Gasteiger partial charge in [-0.25, -0.2) is 9.97 Å². The Morgan fingerprint density at radius 2 is 1.52 bits per heavy atom. The van der Waals surface area contributed by atoms with Gasteiger partial charge in [0.05, 0.1) is 13.2 Å². The maximum atomic E-state index is 13.1. The van der Waals surface area contributed by atoms with E-state index in [1.807, 2.05) is 20.8 Å². The summed E-state index contributed by atoms with van der Waals surface area (Å²) in [6.45, 7) is 7.78. The molecule has 2 aromatic heterocycles. The Hall–Kier alpha value is -3.16. The van der Waals surface area contributed by atoms with Crippen LogP contribution in [-0.4, -0.2) is 70.5 Å². The zero-order chi connectivity index (χ0) is 20.8. The number of hydrogen-bond donors (Lipinski definition) is 0. The zero-order valence-corrected chi connectivity index (χ0v) is 17.0. The molecule has 1 saturated heterocycles. The molecule has 8 nitrogen and oxygen atoms in total. The minimum absolute atomic E-state index is 0.141. The van der Waals surface area contributed by atoms with E-state index in [0.717, 1.165) is 0 Å². The third-order valence-electron chi connectivity index (χ3n) is 4.74. The van der Waals surface area contributed by atoms with Crippen LogP contribution in [0, 0.1) is 0 Å². The van der Waals surface area contributed by atoms with Crippen molar-refractivity contribution in [1.82, 2.24) is 19.8 Å². The van der Waals surface area contributed by atoms with Crippen LogP contribution in [-0.2, 0) is 0 Å². The van der Waals surface area contributed by atoms with Crippen LogP contribution >= 0.6 is 0 Å². The second kappa shape index (κ2) is 9.36. The summed E-state index contributed by atoms with van der Waals surface area (Å²) in [4.78, 5) is 37.9. The summed E-state index contributed by atoms with van der Waals surface area (Å²) in [5.41, 5.74) is 0.874. The van der Waals surface area contributed by atoms with Gasteiger partial charge >= 0.3 is 0 Å². The topological polar surface area (TPSA) is 84.9 Å². The number of hydrogen-bond acceptors (Lipinski definition) is 6. The van der Waals surface area contributed by atoms with Crippen LogP contribution < -0.4 is 9.47 Å². The third-order valence-corrected chi connectivity index (χ3v) is 4.74. The van der Waals surface area contributed by atoms with Crippen molar-refractivity contribution in [3.05, 3.63) is 47.8 Å². The molecule has 154 valence electrons. The van der Waals surface area contributed by atoms with Gasteiger partial charge in [0.25, 0.3) is 11.8 Å². The molecule has 0 spiro atoms. The fourth-order valence-electron chi connectivity index (χ4n) is 3.38. The molecule has 0 radical (unpaired) electrons. The number of ether oxygens (including phenoxy) is 2. The van der Waals surface area contributed by atoms with Crippen molar-refractivity contribution >= 4 is 11.8 Å². The number of piperazine rings is 1. The number of pyridine rings is 2. The Labute approximate surface area is 170 Å². The second-order valence-electron chi connectivity index (χ2n) is 6.68. The summed E-state index contributed by atoms with van der Waals surface area (Å²) in [7, 11) is 0. The molecule has 0 aromatic carbocycles. The Kier molecular flexibility index (Phi) is 6.64. The lowest BCUT2D eigenvalue weighted by molar-refractivity contribution is 0.0409. The van der Waals surface area contributed by atoms with E-state index in [9.17, 15) is 9.59 Å². The molecule has 1 fully saturated rings. The van der Waals surface area contributed by atoms with Crippen molar-refractivity contribution in [1.29, 1.82) is 0 Å². The van der Waals surface area contributed by atoms with Gasteiger partial charge in [-0.15, -0.1) is 0 Å². The molecule has 3 rings (SSSR count). The maximum absolute atomic E-state index is 13.1. The van der Waals surface area contributed by atoms with Crippen molar-refractivity contribution in [2.75, 3.05) is 32.8 Å². The van der Waals surface area contributed by atoms with Gasteiger partial charge < -0.3 is 19.3 Å². The summed E-state index contributed by atoms with van der Waals surface area (Å²) in [6.07, 6.45) is 3.20. The Morgan fingerprint density at radius 1 is 0.966 bits per heavy atom. The number of carbonyl (C=O) groups is 2. The van der Waals surface area contributed by atoms with E-state index in [2.05, 4.69) is 9.97 Å². The first-order valence-electron chi connectivity index (χ1n) is 9.82. The van der Waals surface area contributed by atoms with Gasteiger partial charge in [0, 0.05) is 38.1 Å². The number of nitrogens with zero attached hydrogens (tertiary/aromatic N) is 4. The Balaban J connectivity index is 1.73. The van der Waals surface area contributed by atoms with E-state index in [-0.39, 0.29) is 17.9 Å². The SMILES string of the molecule is CCOc1ncccc1C(=O)N1CCN(C(=O)c2cccnc2OCC)[C@@H](C)C1. The molecule has 0 unspecified atom stereocenters. The molecular formula is C21H26N4O4. The lowest BCUT2D eigenvalue weighted by Gasteiger charge is -2.40. The normalized spacial score (nSPS) is 16.4. The predicted molar refractivity (Wildman–Crippen MR) is 107 cm³/mol. The van der Waals surface area contributed by atoms with Crippen LogP contribution in [0.5, 0.6) is 11.8 Å². The highest BCUT2D eigenvalue weighted by Gasteiger charge is 2.33. The zero-order valence-electron chi connectivity index (χ0n) is 17.0. The minimum atomic E-state index is -0.151. The number of carbonyl (C=O) groups excluding carboxylic acids is 2. The lowest BCUT2D eigenvalue weighted by atomic mass is 10.1. The molecule has 0 aliphatic carbocycles. The highest BCUT2D eigenvalue weighted by molar-refractivity contribution is 5.98. The molecule has 2 amide bonds. The fourth-order valence-corrected chi connectivity index (χ4v) is 3.38. The molecule has 0 saturated carbocycles. The van der Waals surface area contributed by atoms with E-state index in [4.69, 9.17) is 9.47 Å². The van der Waals surface area contributed by atoms with Crippen LogP contribution in [0.15, 0.2) is 36.7 Å². The monoisotopic (exact) mass is 398 g/mol. The minimum Gasteiger partial charge on any atom is -0.477 e. The van der Waals surface area contributed by atoms with Gasteiger partial charge in [-0.1, -0.05) is 0 Å². The van der Waals surface area contributed by atoms with E-state index >= 15 is 0 Å². The standard InChI is InChI=1S/C21H26N4O4/c1-4-28-18-16(8-6-10-22-18)20(26)24-12-13-25(15(3)14-24)21(27)17-9-7-11-23-19(17)29-5-2/h6-11,15H,4-5,12-14H2,1-3H3/t15-/m0/s1. The second-order valence-corrected chi connectivity index (χ2v) is 6.68. The van der Waals surface area contributed by atoms with Gasteiger partial charge in [0.1, 0.15) is 11.1 Å². The van der Waals surface area contributed by atoms with Gasteiger partial charge in [-0.3, -0.25) is 9.59 Å². The maximum Gasteiger partial charge on any atom is 0.259 e. The molecule has 2 aromatic rings. The van der Waals surface area contributed by atoms with Crippen molar-refractivity contribution < 1.29 is 19.1 Å². The first-order valence-corrected chi connectivity index (χ1v) is 9.82. The van der Waals surface area contributed by atoms with Crippen LogP contribution in [0.4, 0.5) is 0 Å². The summed E-state index contributed by atoms with van der Waals surface area (Å²) in [5, 5.41) is 0. The molecule has 1 atom stereocenters. The van der Waals surface area contributed by atoms with Crippen LogP contribution in [0.25, 0.3) is 0 Å². The van der Waals surface area contributed by atoms with Crippen molar-refractivity contribution in [3.8, 4) is 11.8 Å².